The molecule has 1 fully saturated rings. The highest BCUT2D eigenvalue weighted by Gasteiger charge is 2.40. The molecule has 8 heteroatoms. The molecule has 0 amide bonds. The molecule has 4 heterocycles. The highest BCUT2D eigenvalue weighted by Crippen LogP contribution is 2.40. The number of carboxylic acids is 2. The second-order valence-corrected chi connectivity index (χ2v) is 10.1. The third-order valence-electron chi connectivity index (χ3n) is 7.76. The molecule has 2 aliphatic heterocycles. The SMILES string of the molecule is O=C(O)c1ccc2c([C@H](C(=O)O)N3C[C@@H]4C[C@@H](C3)c3cccc(=O)n3C4)cn(Cc3ccccc3)c2c1. The molecule has 2 aromatic carbocycles. The van der Waals surface area contributed by atoms with Crippen molar-refractivity contribution in [1.82, 2.24) is 14.0 Å². The predicted octanol–water partition coefficient (Wildman–Crippen LogP) is 3.79. The van der Waals surface area contributed by atoms with Crippen LogP contribution < -0.4 is 5.56 Å². The number of pyridine rings is 1. The Morgan fingerprint density at radius 2 is 1.76 bits per heavy atom. The van der Waals surface area contributed by atoms with Gasteiger partial charge in [-0.15, -0.1) is 0 Å². The molecule has 2 aromatic heterocycles. The minimum atomic E-state index is -1.02. The number of aromatic nitrogens is 2. The van der Waals surface area contributed by atoms with Gasteiger partial charge in [-0.2, -0.15) is 0 Å². The second kappa shape index (κ2) is 9.05. The number of aromatic carboxylic acids is 1. The van der Waals surface area contributed by atoms with Crippen LogP contribution in [0.15, 0.2) is 77.7 Å². The van der Waals surface area contributed by atoms with Crippen LogP contribution in [0.4, 0.5) is 0 Å². The Bertz CT molecular complexity index is 1570. The van der Waals surface area contributed by atoms with Crippen LogP contribution in [0.3, 0.4) is 0 Å². The van der Waals surface area contributed by atoms with Crippen molar-refractivity contribution >= 4 is 22.8 Å². The summed E-state index contributed by atoms with van der Waals surface area (Å²) in [6.45, 7) is 2.20. The quantitative estimate of drug-likeness (QED) is 0.420. The van der Waals surface area contributed by atoms with Gasteiger partial charge < -0.3 is 19.3 Å². The van der Waals surface area contributed by atoms with E-state index in [0.29, 0.717) is 37.3 Å². The highest BCUT2D eigenvalue weighted by atomic mass is 16.4. The van der Waals surface area contributed by atoms with E-state index in [9.17, 15) is 24.6 Å². The lowest BCUT2D eigenvalue weighted by molar-refractivity contribution is -0.144. The van der Waals surface area contributed by atoms with Gasteiger partial charge in [-0.05, 0) is 36.1 Å². The fourth-order valence-electron chi connectivity index (χ4n) is 6.21. The van der Waals surface area contributed by atoms with Crippen LogP contribution in [0.5, 0.6) is 0 Å². The third-order valence-corrected chi connectivity index (χ3v) is 7.76. The van der Waals surface area contributed by atoms with Gasteiger partial charge in [-0.25, -0.2) is 4.79 Å². The van der Waals surface area contributed by atoms with E-state index < -0.39 is 18.0 Å². The van der Waals surface area contributed by atoms with E-state index in [-0.39, 0.29) is 23.0 Å². The van der Waals surface area contributed by atoms with Crippen molar-refractivity contribution in [2.24, 2.45) is 5.92 Å². The van der Waals surface area contributed by atoms with Gasteiger partial charge in [0.05, 0.1) is 5.56 Å². The molecule has 1 saturated heterocycles. The maximum Gasteiger partial charge on any atom is 0.335 e. The summed E-state index contributed by atoms with van der Waals surface area (Å²) in [4.78, 5) is 39.0. The van der Waals surface area contributed by atoms with E-state index in [1.165, 1.54) is 6.07 Å². The van der Waals surface area contributed by atoms with Gasteiger partial charge in [-0.3, -0.25) is 14.5 Å². The first-order valence-electron chi connectivity index (χ1n) is 12.5. The van der Waals surface area contributed by atoms with Crippen molar-refractivity contribution in [3.05, 3.63) is 106 Å². The molecule has 2 bridgehead atoms. The van der Waals surface area contributed by atoms with E-state index in [2.05, 4.69) is 0 Å². The van der Waals surface area contributed by atoms with E-state index in [0.717, 1.165) is 23.1 Å². The largest absolute Gasteiger partial charge is 0.480 e. The normalized spacial score (nSPS) is 19.9. The molecule has 2 N–H and O–H groups in total. The summed E-state index contributed by atoms with van der Waals surface area (Å²) < 4.78 is 3.78. The van der Waals surface area contributed by atoms with E-state index >= 15 is 0 Å². The van der Waals surface area contributed by atoms with Crippen LogP contribution in [0.25, 0.3) is 10.9 Å². The van der Waals surface area contributed by atoms with Gasteiger partial charge in [0.15, 0.2) is 0 Å². The number of benzene rings is 2. The standard InChI is InChI=1S/C29H27N3O5/c33-26-8-4-7-24-21-11-19(15-32(24)26)14-31(16-21)27(29(36)37)23-17-30(13-18-5-2-1-3-6-18)25-12-20(28(34)35)9-10-22(23)25/h1-10,12,17,19,21,27H,11,13-16H2,(H,34,35)(H,36,37)/t19-,21-,27+/m0/s1. The molecule has 0 saturated carbocycles. The number of rotatable bonds is 6. The first-order valence-corrected chi connectivity index (χ1v) is 12.5. The number of carboxylic acid groups (broad SMARTS) is 2. The molecule has 4 aromatic rings. The van der Waals surface area contributed by atoms with E-state index in [1.54, 1.807) is 24.3 Å². The van der Waals surface area contributed by atoms with Crippen LogP contribution in [0, 0.1) is 5.92 Å². The predicted molar refractivity (Wildman–Crippen MR) is 138 cm³/mol. The zero-order valence-corrected chi connectivity index (χ0v) is 20.2. The number of fused-ring (bicyclic) bond motifs is 5. The van der Waals surface area contributed by atoms with Crippen LogP contribution >= 0.6 is 0 Å². The third kappa shape index (κ3) is 4.13. The van der Waals surface area contributed by atoms with Crippen molar-refractivity contribution in [3.8, 4) is 0 Å². The molecule has 6 rings (SSSR count). The minimum Gasteiger partial charge on any atom is -0.480 e. The number of piperidine rings is 1. The minimum absolute atomic E-state index is 0.00588. The molecule has 0 aliphatic carbocycles. The van der Waals surface area contributed by atoms with Gasteiger partial charge in [0, 0.05) is 66.5 Å². The highest BCUT2D eigenvalue weighted by molar-refractivity contribution is 5.96. The van der Waals surface area contributed by atoms with Crippen molar-refractivity contribution in [2.45, 2.75) is 31.5 Å². The zero-order valence-electron chi connectivity index (χ0n) is 20.2. The first-order chi connectivity index (χ1) is 17.9. The van der Waals surface area contributed by atoms with Crippen LogP contribution in [0.2, 0.25) is 0 Å². The number of hydrogen-bond acceptors (Lipinski definition) is 4. The second-order valence-electron chi connectivity index (χ2n) is 10.1. The maximum atomic E-state index is 12.8. The summed E-state index contributed by atoms with van der Waals surface area (Å²) in [5.74, 6) is -1.70. The van der Waals surface area contributed by atoms with Crippen LogP contribution in [-0.4, -0.2) is 49.3 Å². The molecule has 2 aliphatic rings. The molecule has 8 nitrogen and oxygen atoms in total. The van der Waals surface area contributed by atoms with Crippen molar-refractivity contribution in [3.63, 3.8) is 0 Å². The Kier molecular flexibility index (Phi) is 5.68. The molecule has 0 unspecified atom stereocenters. The van der Waals surface area contributed by atoms with Gasteiger partial charge >= 0.3 is 11.9 Å². The fourth-order valence-corrected chi connectivity index (χ4v) is 6.21. The Morgan fingerprint density at radius 3 is 2.51 bits per heavy atom. The number of aliphatic carboxylic acids is 1. The molecule has 3 atom stereocenters. The summed E-state index contributed by atoms with van der Waals surface area (Å²) in [5.41, 5.74) is 3.50. The number of likely N-dealkylation sites (tertiary alicyclic amines) is 1. The van der Waals surface area contributed by atoms with Crippen molar-refractivity contribution in [1.29, 1.82) is 0 Å². The summed E-state index contributed by atoms with van der Waals surface area (Å²) in [7, 11) is 0. The van der Waals surface area contributed by atoms with Crippen molar-refractivity contribution in [2.75, 3.05) is 13.1 Å². The van der Waals surface area contributed by atoms with Gasteiger partial charge in [0.2, 0.25) is 0 Å². The zero-order chi connectivity index (χ0) is 25.7. The van der Waals surface area contributed by atoms with Gasteiger partial charge in [-0.1, -0.05) is 42.5 Å². The summed E-state index contributed by atoms with van der Waals surface area (Å²) >= 11 is 0. The van der Waals surface area contributed by atoms with Gasteiger partial charge in [0.1, 0.15) is 6.04 Å². The molecule has 37 heavy (non-hydrogen) atoms. The van der Waals surface area contributed by atoms with E-state index in [4.69, 9.17) is 0 Å². The number of carbonyl (C=O) groups is 2. The number of nitrogens with zero attached hydrogens (tertiary/aromatic N) is 3. The molecular formula is C29H27N3O5. The topological polar surface area (TPSA) is 105 Å². The fraction of sp³-hybridized carbons (Fsp3) is 0.276. The van der Waals surface area contributed by atoms with Crippen LogP contribution in [0.1, 0.15) is 45.6 Å². The molecule has 0 spiro atoms. The first kappa shape index (κ1) is 23.2. The summed E-state index contributed by atoms with van der Waals surface area (Å²) in [6, 6.07) is 19.1. The number of hydrogen-bond donors (Lipinski definition) is 2. The van der Waals surface area contributed by atoms with Gasteiger partial charge in [0.25, 0.3) is 5.56 Å². The Morgan fingerprint density at radius 1 is 0.946 bits per heavy atom. The molecule has 188 valence electrons. The lowest BCUT2D eigenvalue weighted by Crippen LogP contribution is -2.49. The lowest BCUT2D eigenvalue weighted by atomic mass is 9.82. The maximum absolute atomic E-state index is 12.8. The Labute approximate surface area is 213 Å². The van der Waals surface area contributed by atoms with Crippen molar-refractivity contribution < 1.29 is 19.8 Å². The average Bonchev–Trinajstić information content (AvgIpc) is 3.22. The average molecular weight is 498 g/mol. The van der Waals surface area contributed by atoms with Crippen LogP contribution in [-0.2, 0) is 17.9 Å². The van der Waals surface area contributed by atoms with E-state index in [1.807, 2.05) is 56.6 Å². The summed E-state index contributed by atoms with van der Waals surface area (Å²) in [6.07, 6.45) is 2.80. The monoisotopic (exact) mass is 497 g/mol. The smallest absolute Gasteiger partial charge is 0.335 e. The Balaban J connectivity index is 1.43. The molecular weight excluding hydrogens is 470 g/mol. The Hall–Kier alpha value is -4.17. The lowest BCUT2D eigenvalue weighted by Gasteiger charge is -2.44. The molecule has 0 radical (unpaired) electrons. The summed E-state index contributed by atoms with van der Waals surface area (Å²) in [5, 5.41) is 20.8.